The molecule has 1 fully saturated rings. The molecule has 0 saturated carbocycles. The van der Waals surface area contributed by atoms with E-state index in [9.17, 15) is 9.90 Å². The molecule has 4 heteroatoms. The van der Waals surface area contributed by atoms with Gasteiger partial charge in [-0.1, -0.05) is 35.9 Å². The van der Waals surface area contributed by atoms with Gasteiger partial charge in [0.25, 0.3) is 0 Å². The van der Waals surface area contributed by atoms with Crippen LogP contribution in [0.5, 0.6) is 0 Å². The Morgan fingerprint density at radius 3 is 2.06 bits per heavy atom. The molecule has 1 aliphatic rings. The number of aliphatic hydroxyl groups is 1. The first-order valence-electron chi connectivity index (χ1n) is 5.73. The van der Waals surface area contributed by atoms with Gasteiger partial charge in [-0.25, -0.2) is 4.79 Å². The first kappa shape index (κ1) is 13.7. The molecule has 1 aromatic carbocycles. The van der Waals surface area contributed by atoms with Crippen molar-refractivity contribution in [2.45, 2.75) is 25.4 Å². The molecule has 4 nitrogen and oxygen atoms in total. The largest absolute Gasteiger partial charge is 0.479 e. The highest BCUT2D eigenvalue weighted by molar-refractivity contribution is 5.77. The second kappa shape index (κ2) is 6.37. The van der Waals surface area contributed by atoms with Crippen LogP contribution in [0.4, 0.5) is 0 Å². The molecule has 0 amide bonds. The predicted octanol–water partition coefficient (Wildman–Crippen LogP) is 1.18. The number of carbonyl (C=O) groups is 1. The Bertz CT molecular complexity index is 345. The van der Waals surface area contributed by atoms with Crippen LogP contribution in [0.15, 0.2) is 30.3 Å². The third-order valence-electron chi connectivity index (χ3n) is 2.77. The van der Waals surface area contributed by atoms with Gasteiger partial charge in [-0.3, -0.25) is 0 Å². The fourth-order valence-corrected chi connectivity index (χ4v) is 1.59. The normalized spacial score (nSPS) is 17.8. The van der Waals surface area contributed by atoms with Crippen LogP contribution in [0, 0.1) is 6.92 Å². The van der Waals surface area contributed by atoms with Crippen molar-refractivity contribution in [1.29, 1.82) is 0 Å². The number of hydrogen-bond donors (Lipinski definition) is 3. The number of aliphatic carboxylic acids is 1. The second-order valence-corrected chi connectivity index (χ2v) is 4.24. The van der Waals surface area contributed by atoms with E-state index in [1.54, 1.807) is 0 Å². The molecular formula is C13H19NO3. The Morgan fingerprint density at radius 2 is 1.76 bits per heavy atom. The third kappa shape index (κ3) is 4.54. The molecule has 0 aliphatic carbocycles. The van der Waals surface area contributed by atoms with E-state index in [0.717, 1.165) is 0 Å². The van der Waals surface area contributed by atoms with Gasteiger partial charge in [-0.2, -0.15) is 0 Å². The van der Waals surface area contributed by atoms with Crippen LogP contribution < -0.4 is 5.32 Å². The van der Waals surface area contributed by atoms with Crippen molar-refractivity contribution in [1.82, 2.24) is 5.32 Å². The van der Waals surface area contributed by atoms with Crippen molar-refractivity contribution >= 4 is 5.97 Å². The smallest absolute Gasteiger partial charge is 0.335 e. The maximum Gasteiger partial charge on any atom is 0.335 e. The summed E-state index contributed by atoms with van der Waals surface area (Å²) in [4.78, 5) is 10.4. The summed E-state index contributed by atoms with van der Waals surface area (Å²) in [6, 6.07) is 10.3. The van der Waals surface area contributed by atoms with Gasteiger partial charge >= 0.3 is 5.97 Å². The molecule has 0 radical (unpaired) electrons. The number of rotatable bonds is 1. The number of benzene rings is 1. The van der Waals surface area contributed by atoms with Crippen LogP contribution in [0.3, 0.4) is 0 Å². The average Bonchev–Trinajstić information content (AvgIpc) is 2.31. The first-order chi connectivity index (χ1) is 8.04. The summed E-state index contributed by atoms with van der Waals surface area (Å²) in [5, 5.41) is 20.8. The van der Waals surface area contributed by atoms with Crippen molar-refractivity contribution in [2.24, 2.45) is 0 Å². The lowest BCUT2D eigenvalue weighted by Crippen LogP contribution is -2.47. The Balaban J connectivity index is 0.000000181. The standard InChI is InChI=1S/C7H8.C6H11NO3/c1-7-5-3-2-4-6-7;8-5(9)6(10)1-3-7-4-2-6/h2-6H,1H3;7,10H,1-4H2,(H,8,9). The van der Waals surface area contributed by atoms with E-state index in [4.69, 9.17) is 5.11 Å². The number of carboxylic acids is 1. The van der Waals surface area contributed by atoms with Crippen molar-refractivity contribution in [3.63, 3.8) is 0 Å². The molecule has 0 atom stereocenters. The zero-order valence-corrected chi connectivity index (χ0v) is 10.0. The minimum Gasteiger partial charge on any atom is -0.479 e. The van der Waals surface area contributed by atoms with Crippen molar-refractivity contribution in [3.05, 3.63) is 35.9 Å². The van der Waals surface area contributed by atoms with Crippen LogP contribution in [-0.2, 0) is 4.79 Å². The Kier molecular flexibility index (Phi) is 5.12. The summed E-state index contributed by atoms with van der Waals surface area (Å²) in [7, 11) is 0. The molecule has 0 aromatic heterocycles. The Hall–Kier alpha value is -1.39. The monoisotopic (exact) mass is 237 g/mol. The number of piperidine rings is 1. The van der Waals surface area contributed by atoms with E-state index in [1.807, 2.05) is 18.2 Å². The quantitative estimate of drug-likeness (QED) is 0.686. The molecule has 1 saturated heterocycles. The summed E-state index contributed by atoms with van der Waals surface area (Å²) < 4.78 is 0. The highest BCUT2D eigenvalue weighted by atomic mass is 16.4. The van der Waals surface area contributed by atoms with Gasteiger partial charge < -0.3 is 15.5 Å². The summed E-state index contributed by atoms with van der Waals surface area (Å²) in [6.07, 6.45) is 0.616. The molecule has 1 aliphatic heterocycles. The molecule has 94 valence electrons. The number of hydrogen-bond acceptors (Lipinski definition) is 3. The highest BCUT2D eigenvalue weighted by Crippen LogP contribution is 2.17. The van der Waals surface area contributed by atoms with Gasteiger partial charge in [-0.05, 0) is 32.9 Å². The number of aryl methyl sites for hydroxylation is 1. The fraction of sp³-hybridized carbons (Fsp3) is 0.462. The van der Waals surface area contributed by atoms with Crippen LogP contribution in [0.25, 0.3) is 0 Å². The molecule has 0 unspecified atom stereocenters. The van der Waals surface area contributed by atoms with Gasteiger partial charge in [0, 0.05) is 0 Å². The molecule has 2 rings (SSSR count). The fourth-order valence-electron chi connectivity index (χ4n) is 1.59. The molecule has 1 heterocycles. The highest BCUT2D eigenvalue weighted by Gasteiger charge is 2.36. The Labute approximate surface area is 101 Å². The van der Waals surface area contributed by atoms with E-state index < -0.39 is 11.6 Å². The van der Waals surface area contributed by atoms with E-state index in [1.165, 1.54) is 5.56 Å². The predicted molar refractivity (Wildman–Crippen MR) is 65.9 cm³/mol. The SMILES string of the molecule is Cc1ccccc1.O=C(O)C1(O)CCNCC1. The van der Waals surface area contributed by atoms with Crippen molar-refractivity contribution < 1.29 is 15.0 Å². The second-order valence-electron chi connectivity index (χ2n) is 4.24. The van der Waals surface area contributed by atoms with Gasteiger partial charge in [0.2, 0.25) is 0 Å². The van der Waals surface area contributed by atoms with Gasteiger partial charge in [0.15, 0.2) is 5.60 Å². The van der Waals surface area contributed by atoms with Gasteiger partial charge in [0.05, 0.1) is 0 Å². The average molecular weight is 237 g/mol. The maximum absolute atomic E-state index is 10.4. The van der Waals surface area contributed by atoms with Crippen LogP contribution in [0.2, 0.25) is 0 Å². The number of nitrogens with one attached hydrogen (secondary N) is 1. The first-order valence-corrected chi connectivity index (χ1v) is 5.73. The van der Waals surface area contributed by atoms with E-state index in [2.05, 4.69) is 24.4 Å². The summed E-state index contributed by atoms with van der Waals surface area (Å²) >= 11 is 0. The molecular weight excluding hydrogens is 218 g/mol. The lowest BCUT2D eigenvalue weighted by molar-refractivity contribution is -0.161. The maximum atomic E-state index is 10.4. The van der Waals surface area contributed by atoms with Crippen molar-refractivity contribution in [2.75, 3.05) is 13.1 Å². The third-order valence-corrected chi connectivity index (χ3v) is 2.77. The van der Waals surface area contributed by atoms with Gasteiger partial charge in [0.1, 0.15) is 0 Å². The number of carboxylic acid groups (broad SMARTS) is 1. The topological polar surface area (TPSA) is 69.6 Å². The zero-order chi connectivity index (χ0) is 12.7. The minimum atomic E-state index is -1.47. The zero-order valence-electron chi connectivity index (χ0n) is 10.0. The molecule has 0 bridgehead atoms. The molecule has 3 N–H and O–H groups in total. The van der Waals surface area contributed by atoms with E-state index in [-0.39, 0.29) is 0 Å². The van der Waals surface area contributed by atoms with E-state index in [0.29, 0.717) is 25.9 Å². The van der Waals surface area contributed by atoms with Crippen LogP contribution in [0.1, 0.15) is 18.4 Å². The lowest BCUT2D eigenvalue weighted by Gasteiger charge is -2.27. The molecule has 0 spiro atoms. The molecule has 1 aromatic rings. The van der Waals surface area contributed by atoms with Crippen LogP contribution in [-0.4, -0.2) is 34.9 Å². The lowest BCUT2D eigenvalue weighted by atomic mass is 9.93. The summed E-state index contributed by atoms with van der Waals surface area (Å²) in [6.45, 7) is 3.26. The summed E-state index contributed by atoms with van der Waals surface area (Å²) in [5.74, 6) is -1.10. The summed E-state index contributed by atoms with van der Waals surface area (Å²) in [5.41, 5.74) is -0.145. The van der Waals surface area contributed by atoms with Crippen LogP contribution >= 0.6 is 0 Å². The van der Waals surface area contributed by atoms with Gasteiger partial charge in [-0.15, -0.1) is 0 Å². The Morgan fingerprint density at radius 1 is 1.24 bits per heavy atom. The molecule has 17 heavy (non-hydrogen) atoms. The van der Waals surface area contributed by atoms with E-state index >= 15 is 0 Å². The minimum absolute atomic E-state index is 0.308. The van der Waals surface area contributed by atoms with Crippen molar-refractivity contribution in [3.8, 4) is 0 Å².